The number of ketones is 1. The SMILES string of the molecule is CC(=O)[C@H](CCc1ccccc1)NC(=O)CN1CCOCC1. The van der Waals surface area contributed by atoms with Crippen molar-refractivity contribution in [2.75, 3.05) is 32.8 Å². The molecule has 120 valence electrons. The van der Waals surface area contributed by atoms with Gasteiger partial charge in [0.05, 0.1) is 25.8 Å². The monoisotopic (exact) mass is 304 g/mol. The van der Waals surface area contributed by atoms with Gasteiger partial charge in [0, 0.05) is 13.1 Å². The number of Topliss-reactive ketones (excluding diaryl/α,β-unsaturated/α-hetero) is 1. The van der Waals surface area contributed by atoms with E-state index in [4.69, 9.17) is 4.74 Å². The second-order valence-corrected chi connectivity index (χ2v) is 5.64. The third-order valence-corrected chi connectivity index (χ3v) is 3.86. The number of ether oxygens (including phenoxy) is 1. The molecule has 1 N–H and O–H groups in total. The van der Waals surface area contributed by atoms with E-state index in [1.807, 2.05) is 35.2 Å². The van der Waals surface area contributed by atoms with Crippen molar-refractivity contribution in [3.8, 4) is 0 Å². The molecule has 22 heavy (non-hydrogen) atoms. The highest BCUT2D eigenvalue weighted by Crippen LogP contribution is 2.06. The van der Waals surface area contributed by atoms with Crippen LogP contribution in [0.3, 0.4) is 0 Å². The fraction of sp³-hybridized carbons (Fsp3) is 0.529. The normalized spacial score (nSPS) is 17.0. The molecule has 0 saturated carbocycles. The van der Waals surface area contributed by atoms with Crippen molar-refractivity contribution in [1.29, 1.82) is 0 Å². The molecule has 1 aliphatic rings. The fourth-order valence-corrected chi connectivity index (χ4v) is 2.54. The highest BCUT2D eigenvalue weighted by molar-refractivity contribution is 5.88. The molecule has 1 aromatic rings. The first-order valence-corrected chi connectivity index (χ1v) is 7.79. The summed E-state index contributed by atoms with van der Waals surface area (Å²) in [6.07, 6.45) is 1.41. The molecule has 1 aromatic carbocycles. The maximum absolute atomic E-state index is 12.1. The summed E-state index contributed by atoms with van der Waals surface area (Å²) in [5.41, 5.74) is 1.18. The maximum atomic E-state index is 12.1. The van der Waals surface area contributed by atoms with Crippen molar-refractivity contribution in [2.45, 2.75) is 25.8 Å². The number of rotatable bonds is 7. The van der Waals surface area contributed by atoms with E-state index in [2.05, 4.69) is 5.32 Å². The molecule has 2 rings (SSSR count). The molecule has 0 spiro atoms. The standard InChI is InChI=1S/C17H24N2O3/c1-14(20)16(8-7-15-5-3-2-4-6-15)18-17(21)13-19-9-11-22-12-10-19/h2-6,16H,7-13H2,1H3,(H,18,21)/t16-/m0/s1. The van der Waals surface area contributed by atoms with Crippen LogP contribution in [0.5, 0.6) is 0 Å². The van der Waals surface area contributed by atoms with E-state index < -0.39 is 6.04 Å². The van der Waals surface area contributed by atoms with Crippen LogP contribution in [0.4, 0.5) is 0 Å². The number of aryl methyl sites for hydroxylation is 1. The molecule has 0 aromatic heterocycles. The summed E-state index contributed by atoms with van der Waals surface area (Å²) < 4.78 is 5.26. The second kappa shape index (κ2) is 8.66. The lowest BCUT2D eigenvalue weighted by Crippen LogP contribution is -2.47. The lowest BCUT2D eigenvalue weighted by atomic mass is 10.0. The minimum Gasteiger partial charge on any atom is -0.379 e. The van der Waals surface area contributed by atoms with Crippen molar-refractivity contribution in [2.24, 2.45) is 0 Å². The summed E-state index contributed by atoms with van der Waals surface area (Å²) in [5, 5.41) is 2.86. The van der Waals surface area contributed by atoms with E-state index in [0.29, 0.717) is 26.2 Å². The van der Waals surface area contributed by atoms with Crippen LogP contribution in [-0.2, 0) is 20.7 Å². The third kappa shape index (κ3) is 5.58. The van der Waals surface area contributed by atoms with Gasteiger partial charge in [-0.1, -0.05) is 30.3 Å². The molecule has 0 radical (unpaired) electrons. The van der Waals surface area contributed by atoms with Crippen molar-refractivity contribution in [3.05, 3.63) is 35.9 Å². The van der Waals surface area contributed by atoms with Crippen LogP contribution in [0.25, 0.3) is 0 Å². The lowest BCUT2D eigenvalue weighted by molar-refractivity contribution is -0.128. The molecule has 1 amide bonds. The molecule has 0 bridgehead atoms. The Kier molecular flexibility index (Phi) is 6.55. The van der Waals surface area contributed by atoms with Crippen molar-refractivity contribution in [3.63, 3.8) is 0 Å². The molecule has 1 aliphatic heterocycles. The maximum Gasteiger partial charge on any atom is 0.234 e. The molecule has 1 saturated heterocycles. The Balaban J connectivity index is 1.80. The average molecular weight is 304 g/mol. The summed E-state index contributed by atoms with van der Waals surface area (Å²) in [5.74, 6) is -0.0820. The zero-order chi connectivity index (χ0) is 15.8. The smallest absolute Gasteiger partial charge is 0.234 e. The number of morpholine rings is 1. The minimum absolute atomic E-state index is 0.00580. The Labute approximate surface area is 131 Å². The van der Waals surface area contributed by atoms with Crippen LogP contribution in [0.1, 0.15) is 18.9 Å². The highest BCUT2D eigenvalue weighted by atomic mass is 16.5. The van der Waals surface area contributed by atoms with E-state index in [-0.39, 0.29) is 11.7 Å². The van der Waals surface area contributed by atoms with Crippen LogP contribution < -0.4 is 5.32 Å². The van der Waals surface area contributed by atoms with Crippen LogP contribution in [0.2, 0.25) is 0 Å². The zero-order valence-electron chi connectivity index (χ0n) is 13.1. The quantitative estimate of drug-likeness (QED) is 0.817. The van der Waals surface area contributed by atoms with Gasteiger partial charge in [0.15, 0.2) is 5.78 Å². The first-order valence-electron chi connectivity index (χ1n) is 7.79. The fourth-order valence-electron chi connectivity index (χ4n) is 2.54. The predicted molar refractivity (Wildman–Crippen MR) is 84.6 cm³/mol. The van der Waals surface area contributed by atoms with E-state index in [1.165, 1.54) is 12.5 Å². The largest absolute Gasteiger partial charge is 0.379 e. The van der Waals surface area contributed by atoms with E-state index in [9.17, 15) is 9.59 Å². The second-order valence-electron chi connectivity index (χ2n) is 5.64. The summed E-state index contributed by atoms with van der Waals surface area (Å²) in [7, 11) is 0. The molecular weight excluding hydrogens is 280 g/mol. The van der Waals surface area contributed by atoms with Gasteiger partial charge in [-0.2, -0.15) is 0 Å². The van der Waals surface area contributed by atoms with Crippen molar-refractivity contribution in [1.82, 2.24) is 10.2 Å². The third-order valence-electron chi connectivity index (χ3n) is 3.86. The van der Waals surface area contributed by atoms with Gasteiger partial charge in [0.25, 0.3) is 0 Å². The number of amides is 1. The van der Waals surface area contributed by atoms with Gasteiger partial charge in [0.1, 0.15) is 0 Å². The minimum atomic E-state index is -0.409. The Hall–Kier alpha value is -1.72. The lowest BCUT2D eigenvalue weighted by Gasteiger charge is -2.26. The zero-order valence-corrected chi connectivity index (χ0v) is 13.1. The summed E-state index contributed by atoms with van der Waals surface area (Å²) >= 11 is 0. The first-order chi connectivity index (χ1) is 10.6. The van der Waals surface area contributed by atoms with Crippen LogP contribution in [0.15, 0.2) is 30.3 Å². The summed E-state index contributed by atoms with van der Waals surface area (Å²) in [6.45, 7) is 4.72. The van der Waals surface area contributed by atoms with Gasteiger partial charge in [-0.15, -0.1) is 0 Å². The number of hydrogen-bond acceptors (Lipinski definition) is 4. The molecule has 1 atom stereocenters. The Bertz CT molecular complexity index is 484. The van der Waals surface area contributed by atoms with Gasteiger partial charge in [-0.3, -0.25) is 14.5 Å². The number of carbonyl (C=O) groups is 2. The van der Waals surface area contributed by atoms with E-state index in [0.717, 1.165) is 19.5 Å². The summed E-state index contributed by atoms with van der Waals surface area (Å²) in [6, 6.07) is 9.59. The van der Waals surface area contributed by atoms with E-state index in [1.54, 1.807) is 0 Å². The van der Waals surface area contributed by atoms with Gasteiger partial charge in [0.2, 0.25) is 5.91 Å². The number of nitrogens with one attached hydrogen (secondary N) is 1. The first kappa shape index (κ1) is 16.6. The molecule has 1 fully saturated rings. The van der Waals surface area contributed by atoms with Gasteiger partial charge >= 0.3 is 0 Å². The van der Waals surface area contributed by atoms with Gasteiger partial charge < -0.3 is 10.1 Å². The molecule has 0 unspecified atom stereocenters. The molecular formula is C17H24N2O3. The molecule has 5 heteroatoms. The average Bonchev–Trinajstić information content (AvgIpc) is 2.53. The number of hydrogen-bond donors (Lipinski definition) is 1. The van der Waals surface area contributed by atoms with Crippen molar-refractivity contribution < 1.29 is 14.3 Å². The highest BCUT2D eigenvalue weighted by Gasteiger charge is 2.19. The topological polar surface area (TPSA) is 58.6 Å². The Morgan fingerprint density at radius 3 is 2.55 bits per heavy atom. The molecule has 5 nitrogen and oxygen atoms in total. The van der Waals surface area contributed by atoms with Crippen molar-refractivity contribution >= 4 is 11.7 Å². The predicted octanol–water partition coefficient (Wildman–Crippen LogP) is 1.03. The summed E-state index contributed by atoms with van der Waals surface area (Å²) in [4.78, 5) is 25.9. The van der Waals surface area contributed by atoms with Crippen LogP contribution in [0, 0.1) is 0 Å². The molecule has 1 heterocycles. The van der Waals surface area contributed by atoms with Crippen LogP contribution >= 0.6 is 0 Å². The Morgan fingerprint density at radius 1 is 1.23 bits per heavy atom. The van der Waals surface area contributed by atoms with Crippen LogP contribution in [-0.4, -0.2) is 55.5 Å². The van der Waals surface area contributed by atoms with E-state index >= 15 is 0 Å². The number of carbonyl (C=O) groups excluding carboxylic acids is 2. The Morgan fingerprint density at radius 2 is 1.91 bits per heavy atom. The van der Waals surface area contributed by atoms with Gasteiger partial charge in [-0.25, -0.2) is 0 Å². The molecule has 0 aliphatic carbocycles. The number of nitrogens with zero attached hydrogens (tertiary/aromatic N) is 1. The van der Waals surface area contributed by atoms with Gasteiger partial charge in [-0.05, 0) is 25.3 Å². The number of benzene rings is 1.